The van der Waals surface area contributed by atoms with Crippen LogP contribution in [0.15, 0.2) is 48.2 Å². The van der Waals surface area contributed by atoms with Gasteiger partial charge in [-0.05, 0) is 43.7 Å². The summed E-state index contributed by atoms with van der Waals surface area (Å²) in [6, 6.07) is 8.49. The Kier molecular flexibility index (Phi) is 11.7. The lowest BCUT2D eigenvalue weighted by Crippen LogP contribution is -2.19. The van der Waals surface area contributed by atoms with E-state index in [2.05, 4.69) is 5.32 Å². The van der Waals surface area contributed by atoms with Gasteiger partial charge in [0.1, 0.15) is 23.0 Å². The molecular weight excluding hydrogens is 494 g/mol. The third kappa shape index (κ3) is 8.02. The highest BCUT2D eigenvalue weighted by Crippen LogP contribution is 2.35. The zero-order valence-corrected chi connectivity index (χ0v) is 22.4. The van der Waals surface area contributed by atoms with Crippen molar-refractivity contribution in [3.8, 4) is 23.0 Å². The Labute approximate surface area is 222 Å². The van der Waals surface area contributed by atoms with E-state index >= 15 is 0 Å². The number of nitrogens with one attached hydrogen (secondary N) is 1. The normalized spacial score (nSPS) is 10.4. The number of esters is 2. The maximum atomic E-state index is 12.8. The molecule has 2 aromatic rings. The molecular formula is C28H33NO9. The molecule has 0 unspecified atom stereocenters. The molecule has 0 spiro atoms. The van der Waals surface area contributed by atoms with Crippen LogP contribution in [0.3, 0.4) is 0 Å². The highest BCUT2D eigenvalue weighted by atomic mass is 16.6. The van der Waals surface area contributed by atoms with E-state index in [1.165, 1.54) is 40.7 Å². The molecule has 204 valence electrons. The van der Waals surface area contributed by atoms with Gasteiger partial charge in [0.15, 0.2) is 11.4 Å². The molecule has 0 bridgehead atoms. The van der Waals surface area contributed by atoms with E-state index in [-0.39, 0.29) is 31.0 Å². The Morgan fingerprint density at radius 1 is 0.789 bits per heavy atom. The van der Waals surface area contributed by atoms with Crippen LogP contribution < -0.4 is 24.3 Å². The zero-order chi connectivity index (χ0) is 28.1. The maximum absolute atomic E-state index is 12.8. The first-order valence-corrected chi connectivity index (χ1v) is 11.8. The summed E-state index contributed by atoms with van der Waals surface area (Å²) < 4.78 is 31.3. The summed E-state index contributed by atoms with van der Waals surface area (Å²) in [6.07, 6.45) is 4.32. The summed E-state index contributed by atoms with van der Waals surface area (Å²) in [5.74, 6) is 0.155. The first kappa shape index (κ1) is 29.8. The number of benzene rings is 2. The predicted molar refractivity (Wildman–Crippen MR) is 142 cm³/mol. The molecule has 38 heavy (non-hydrogen) atoms. The van der Waals surface area contributed by atoms with Crippen molar-refractivity contribution in [3.63, 3.8) is 0 Å². The fourth-order valence-electron chi connectivity index (χ4n) is 3.38. The number of ether oxygens (including phenoxy) is 6. The lowest BCUT2D eigenvalue weighted by molar-refractivity contribution is -0.146. The van der Waals surface area contributed by atoms with Crippen LogP contribution in [-0.4, -0.2) is 59.4 Å². The second kappa shape index (κ2) is 14.9. The van der Waals surface area contributed by atoms with Crippen LogP contribution in [0.1, 0.15) is 25.0 Å². The van der Waals surface area contributed by atoms with E-state index in [1.807, 2.05) is 0 Å². The summed E-state index contributed by atoms with van der Waals surface area (Å²) in [6.45, 7) is 3.45. The second-order valence-electron chi connectivity index (χ2n) is 7.60. The van der Waals surface area contributed by atoms with Crippen LogP contribution in [0.5, 0.6) is 23.0 Å². The molecule has 0 atom stereocenters. The van der Waals surface area contributed by atoms with Crippen molar-refractivity contribution in [1.82, 2.24) is 0 Å². The van der Waals surface area contributed by atoms with E-state index in [0.29, 0.717) is 39.8 Å². The molecule has 0 aromatic heterocycles. The Morgan fingerprint density at radius 2 is 1.37 bits per heavy atom. The molecule has 10 nitrogen and oxygen atoms in total. The Bertz CT molecular complexity index is 1160. The summed E-state index contributed by atoms with van der Waals surface area (Å²) in [5, 5.41) is 2.89. The van der Waals surface area contributed by atoms with Gasteiger partial charge in [0.05, 0.1) is 52.9 Å². The van der Waals surface area contributed by atoms with Crippen molar-refractivity contribution in [1.29, 1.82) is 0 Å². The average molecular weight is 528 g/mol. The molecule has 0 saturated heterocycles. The minimum Gasteiger partial charge on any atom is -0.496 e. The lowest BCUT2D eigenvalue weighted by Gasteiger charge is -2.13. The number of anilines is 1. The number of carbonyl (C=O) groups is 3. The first-order chi connectivity index (χ1) is 18.3. The third-order valence-corrected chi connectivity index (χ3v) is 5.19. The summed E-state index contributed by atoms with van der Waals surface area (Å²) >= 11 is 0. The van der Waals surface area contributed by atoms with Crippen LogP contribution >= 0.6 is 0 Å². The predicted octanol–water partition coefficient (Wildman–Crippen LogP) is 3.97. The van der Waals surface area contributed by atoms with Gasteiger partial charge in [-0.1, -0.05) is 6.07 Å². The molecule has 0 aliphatic rings. The van der Waals surface area contributed by atoms with E-state index < -0.39 is 11.9 Å². The van der Waals surface area contributed by atoms with E-state index in [4.69, 9.17) is 28.4 Å². The minimum atomic E-state index is -0.821. The summed E-state index contributed by atoms with van der Waals surface area (Å²) in [7, 11) is 6.05. The van der Waals surface area contributed by atoms with Crippen LogP contribution in [0.2, 0.25) is 0 Å². The number of hydrogen-bond acceptors (Lipinski definition) is 10. The maximum Gasteiger partial charge on any atom is 0.347 e. The molecule has 2 rings (SSSR count). The SMILES string of the molecule is CCOC(=O)C(=CNc1cc(CC(=O)/C=C/c2c(OC)cc(OC)cc2OC)ccc1OC)C(=O)OCC. The van der Waals surface area contributed by atoms with Gasteiger partial charge in [0.2, 0.25) is 0 Å². The molecule has 2 aromatic carbocycles. The average Bonchev–Trinajstić information content (AvgIpc) is 2.91. The summed E-state index contributed by atoms with van der Waals surface area (Å²) in [5.41, 5.74) is 1.39. The van der Waals surface area contributed by atoms with Gasteiger partial charge in [-0.25, -0.2) is 9.59 Å². The number of rotatable bonds is 14. The number of hydrogen-bond donors (Lipinski definition) is 1. The molecule has 10 heteroatoms. The number of methoxy groups -OCH3 is 4. The summed E-state index contributed by atoms with van der Waals surface area (Å²) in [4.78, 5) is 37.2. The fraction of sp³-hybridized carbons (Fsp3) is 0.321. The molecule has 0 radical (unpaired) electrons. The third-order valence-electron chi connectivity index (χ3n) is 5.19. The zero-order valence-electron chi connectivity index (χ0n) is 22.4. The molecule has 1 N–H and O–H groups in total. The molecule has 0 fully saturated rings. The Hall–Kier alpha value is -4.47. The van der Waals surface area contributed by atoms with E-state index in [9.17, 15) is 14.4 Å². The standard InChI is InChI=1S/C28H33NO9/c1-7-37-27(31)22(28(32)38-8-2)17-29-23-14-18(9-12-24(23)34-4)13-19(30)10-11-21-25(35-5)15-20(33-3)16-26(21)36-6/h9-12,14-17,29H,7-8,13H2,1-6H3/b11-10+. The van der Waals surface area contributed by atoms with Gasteiger partial charge in [-0.2, -0.15) is 0 Å². The van der Waals surface area contributed by atoms with Crippen molar-refractivity contribution in [2.45, 2.75) is 20.3 Å². The number of ketones is 1. The van der Waals surface area contributed by atoms with Crippen molar-refractivity contribution in [2.75, 3.05) is 47.0 Å². The number of allylic oxidation sites excluding steroid dienone is 1. The smallest absolute Gasteiger partial charge is 0.347 e. The molecule has 0 amide bonds. The van der Waals surface area contributed by atoms with E-state index in [1.54, 1.807) is 50.3 Å². The van der Waals surface area contributed by atoms with Gasteiger partial charge in [-0.3, -0.25) is 4.79 Å². The topological polar surface area (TPSA) is 119 Å². The Morgan fingerprint density at radius 3 is 1.87 bits per heavy atom. The van der Waals surface area contributed by atoms with Crippen LogP contribution in [0, 0.1) is 0 Å². The molecule has 0 saturated carbocycles. The van der Waals surface area contributed by atoms with Crippen molar-refractivity contribution in [3.05, 3.63) is 59.3 Å². The van der Waals surface area contributed by atoms with Crippen LogP contribution in [-0.2, 0) is 30.3 Å². The highest BCUT2D eigenvalue weighted by Gasteiger charge is 2.21. The quantitative estimate of drug-likeness (QED) is 0.167. The first-order valence-electron chi connectivity index (χ1n) is 11.8. The molecule has 0 aliphatic carbocycles. The molecule has 0 heterocycles. The van der Waals surface area contributed by atoms with Gasteiger partial charge in [0, 0.05) is 24.8 Å². The van der Waals surface area contributed by atoms with Crippen molar-refractivity contribution < 1.29 is 42.8 Å². The van der Waals surface area contributed by atoms with E-state index in [0.717, 1.165) is 0 Å². The Balaban J connectivity index is 2.28. The van der Waals surface area contributed by atoms with Gasteiger partial charge in [0.25, 0.3) is 0 Å². The van der Waals surface area contributed by atoms with Gasteiger partial charge < -0.3 is 33.7 Å². The van der Waals surface area contributed by atoms with Crippen molar-refractivity contribution in [2.24, 2.45) is 0 Å². The minimum absolute atomic E-state index is 0.0717. The molecule has 0 aliphatic heterocycles. The van der Waals surface area contributed by atoms with Crippen molar-refractivity contribution >= 4 is 29.5 Å². The highest BCUT2D eigenvalue weighted by molar-refractivity contribution is 6.14. The lowest BCUT2D eigenvalue weighted by atomic mass is 10.1. The monoisotopic (exact) mass is 527 g/mol. The fourth-order valence-corrected chi connectivity index (χ4v) is 3.38. The largest absolute Gasteiger partial charge is 0.496 e. The van der Waals surface area contributed by atoms with Crippen LogP contribution in [0.4, 0.5) is 5.69 Å². The number of carbonyl (C=O) groups excluding carboxylic acids is 3. The van der Waals surface area contributed by atoms with Crippen LogP contribution in [0.25, 0.3) is 6.08 Å². The van der Waals surface area contributed by atoms with Gasteiger partial charge in [-0.15, -0.1) is 0 Å². The van der Waals surface area contributed by atoms with Gasteiger partial charge >= 0.3 is 11.9 Å². The second-order valence-corrected chi connectivity index (χ2v) is 7.60.